The highest BCUT2D eigenvalue weighted by atomic mass is 32.2. The fraction of sp³-hybridized carbons (Fsp3) is 0.857. The Kier molecular flexibility index (Phi) is 3.06. The molecule has 88 valence electrons. The van der Waals surface area contributed by atoms with Crippen molar-refractivity contribution in [3.8, 4) is 0 Å². The maximum Gasteiger partial charge on any atom is 0.325 e. The van der Waals surface area contributed by atoms with Crippen molar-refractivity contribution in [3.63, 3.8) is 0 Å². The zero-order valence-electron chi connectivity index (χ0n) is 8.67. The van der Waals surface area contributed by atoms with Crippen molar-refractivity contribution in [1.29, 1.82) is 0 Å². The molecule has 1 saturated heterocycles. The van der Waals surface area contributed by atoms with Crippen molar-refractivity contribution >= 4 is 16.2 Å². The van der Waals surface area contributed by atoms with Gasteiger partial charge in [-0.25, -0.2) is 0 Å². The normalized spacial score (nSPS) is 28.5. The summed E-state index contributed by atoms with van der Waals surface area (Å²) in [6.45, 7) is -0.0356. The van der Waals surface area contributed by atoms with Crippen LogP contribution in [0, 0.1) is 0 Å². The Morgan fingerprint density at radius 3 is 2.40 bits per heavy atom. The smallest absolute Gasteiger partial charge is 0.325 e. The second-order valence-corrected chi connectivity index (χ2v) is 5.98. The molecule has 0 radical (unpaired) electrons. The van der Waals surface area contributed by atoms with Crippen LogP contribution in [0.4, 0.5) is 0 Å². The number of hydrogen-bond acceptors (Lipinski definition) is 4. The number of nitrogens with zero attached hydrogens (tertiary/aromatic N) is 2. The lowest BCUT2D eigenvalue weighted by Gasteiger charge is -2.22. The number of carboxylic acid groups (broad SMARTS) is 1. The van der Waals surface area contributed by atoms with Gasteiger partial charge in [0.2, 0.25) is 0 Å². The molecule has 0 amide bonds. The molecule has 1 rings (SSSR count). The van der Waals surface area contributed by atoms with Crippen molar-refractivity contribution in [3.05, 3.63) is 0 Å². The maximum atomic E-state index is 11.6. The van der Waals surface area contributed by atoms with Crippen LogP contribution >= 0.6 is 0 Å². The molecule has 1 heterocycles. The number of carbonyl (C=O) groups is 1. The van der Waals surface area contributed by atoms with Crippen LogP contribution in [0.3, 0.4) is 0 Å². The highest BCUT2D eigenvalue weighted by Crippen LogP contribution is 2.22. The summed E-state index contributed by atoms with van der Waals surface area (Å²) in [4.78, 5) is 10.8. The molecule has 15 heavy (non-hydrogen) atoms. The summed E-state index contributed by atoms with van der Waals surface area (Å²) in [5, 5.41) is 8.83. The summed E-state index contributed by atoms with van der Waals surface area (Å²) in [6.07, 6.45) is 0.134. The number of carboxylic acids is 1. The van der Waals surface area contributed by atoms with Crippen molar-refractivity contribution in [2.24, 2.45) is 5.73 Å². The molecule has 0 saturated carbocycles. The van der Waals surface area contributed by atoms with Crippen LogP contribution in [0.5, 0.6) is 0 Å². The minimum absolute atomic E-state index is 0.134. The van der Waals surface area contributed by atoms with Crippen molar-refractivity contribution in [1.82, 2.24) is 8.61 Å². The molecular weight excluding hydrogens is 222 g/mol. The van der Waals surface area contributed by atoms with Gasteiger partial charge < -0.3 is 10.8 Å². The molecule has 0 aromatic rings. The fourth-order valence-electron chi connectivity index (χ4n) is 1.40. The molecule has 0 aromatic carbocycles. The minimum atomic E-state index is -3.56. The van der Waals surface area contributed by atoms with Gasteiger partial charge in [-0.05, 0) is 6.42 Å². The lowest BCUT2D eigenvalue weighted by molar-refractivity contribution is -0.142. The van der Waals surface area contributed by atoms with Crippen LogP contribution in [-0.4, -0.2) is 60.8 Å². The molecule has 1 fully saturated rings. The van der Waals surface area contributed by atoms with E-state index in [1.807, 2.05) is 0 Å². The second-order valence-electron chi connectivity index (χ2n) is 3.84. The molecule has 0 aliphatic carbocycles. The molecule has 1 aliphatic heterocycles. The van der Waals surface area contributed by atoms with Crippen LogP contribution < -0.4 is 5.73 Å². The molecule has 1 atom stereocenters. The van der Waals surface area contributed by atoms with Gasteiger partial charge in [0.15, 0.2) is 0 Å². The lowest BCUT2D eigenvalue weighted by atomic mass is 10.0. The Morgan fingerprint density at radius 1 is 1.53 bits per heavy atom. The third kappa shape index (κ3) is 2.12. The topological polar surface area (TPSA) is 104 Å². The van der Waals surface area contributed by atoms with Gasteiger partial charge in [-0.3, -0.25) is 4.79 Å². The summed E-state index contributed by atoms with van der Waals surface area (Å²) < 4.78 is 25.4. The van der Waals surface area contributed by atoms with Crippen LogP contribution in [0.15, 0.2) is 0 Å². The number of hydrogen-bond donors (Lipinski definition) is 2. The number of aliphatic carboxylic acids is 1. The van der Waals surface area contributed by atoms with Gasteiger partial charge in [0.05, 0.1) is 0 Å². The molecule has 1 aliphatic rings. The average molecular weight is 237 g/mol. The van der Waals surface area contributed by atoms with E-state index in [1.54, 1.807) is 0 Å². The summed E-state index contributed by atoms with van der Waals surface area (Å²) in [5.41, 5.74) is 4.11. The zero-order valence-corrected chi connectivity index (χ0v) is 9.49. The predicted octanol–water partition coefficient (Wildman–Crippen LogP) is -1.72. The molecule has 0 aromatic heterocycles. The van der Waals surface area contributed by atoms with Crippen LogP contribution in [0.1, 0.15) is 6.42 Å². The maximum absolute atomic E-state index is 11.6. The summed E-state index contributed by atoms with van der Waals surface area (Å²) in [5.74, 6) is -1.17. The van der Waals surface area contributed by atoms with E-state index in [1.165, 1.54) is 14.1 Å². The van der Waals surface area contributed by atoms with E-state index in [9.17, 15) is 13.2 Å². The Morgan fingerprint density at radius 2 is 2.07 bits per heavy atom. The molecule has 0 bridgehead atoms. The predicted molar refractivity (Wildman–Crippen MR) is 53.4 cm³/mol. The molecule has 3 N–H and O–H groups in total. The van der Waals surface area contributed by atoms with E-state index in [-0.39, 0.29) is 19.5 Å². The highest BCUT2D eigenvalue weighted by molar-refractivity contribution is 7.86. The first-order valence-corrected chi connectivity index (χ1v) is 5.80. The van der Waals surface area contributed by atoms with E-state index in [2.05, 4.69) is 0 Å². The fourth-order valence-corrected chi connectivity index (χ4v) is 2.58. The van der Waals surface area contributed by atoms with Crippen molar-refractivity contribution in [2.75, 3.05) is 27.2 Å². The summed E-state index contributed by atoms with van der Waals surface area (Å²) >= 11 is 0. The third-order valence-corrected chi connectivity index (χ3v) is 4.37. The van der Waals surface area contributed by atoms with E-state index in [0.29, 0.717) is 0 Å². The second kappa shape index (κ2) is 3.71. The van der Waals surface area contributed by atoms with E-state index in [4.69, 9.17) is 10.8 Å². The van der Waals surface area contributed by atoms with Gasteiger partial charge in [-0.15, -0.1) is 0 Å². The Bertz CT molecular complexity index is 366. The van der Waals surface area contributed by atoms with Crippen molar-refractivity contribution < 1.29 is 18.3 Å². The Labute approximate surface area is 88.6 Å². The largest absolute Gasteiger partial charge is 0.480 e. The molecular formula is C7H15N3O4S. The Balaban J connectivity index is 2.86. The lowest BCUT2D eigenvalue weighted by Crippen LogP contribution is -2.51. The summed E-state index contributed by atoms with van der Waals surface area (Å²) in [7, 11) is -0.767. The SMILES string of the molecule is CN(C)S(=O)(=O)N1CC[C@@](N)(C(=O)O)C1. The first kappa shape index (κ1) is 12.4. The van der Waals surface area contributed by atoms with Crippen LogP contribution in [0.25, 0.3) is 0 Å². The van der Waals surface area contributed by atoms with Gasteiger partial charge >= 0.3 is 5.97 Å². The van der Waals surface area contributed by atoms with Crippen LogP contribution in [0.2, 0.25) is 0 Å². The monoisotopic (exact) mass is 237 g/mol. The van der Waals surface area contributed by atoms with Gasteiger partial charge in [0.25, 0.3) is 10.2 Å². The minimum Gasteiger partial charge on any atom is -0.480 e. The van der Waals surface area contributed by atoms with E-state index < -0.39 is 21.7 Å². The van der Waals surface area contributed by atoms with Gasteiger partial charge in [-0.1, -0.05) is 0 Å². The number of rotatable bonds is 3. The average Bonchev–Trinajstić information content (AvgIpc) is 2.49. The molecule has 0 unspecified atom stereocenters. The third-order valence-electron chi connectivity index (χ3n) is 2.48. The zero-order chi connectivity index (χ0) is 11.9. The van der Waals surface area contributed by atoms with Gasteiger partial charge in [0.1, 0.15) is 5.54 Å². The molecule has 7 nitrogen and oxygen atoms in total. The standard InChI is InChI=1S/C7H15N3O4S/c1-9(2)15(13,14)10-4-3-7(8,5-10)6(11)12/h3-5,8H2,1-2H3,(H,11,12)/t7-/m0/s1. The first-order chi connectivity index (χ1) is 6.70. The molecule has 8 heteroatoms. The van der Waals surface area contributed by atoms with Crippen LogP contribution in [-0.2, 0) is 15.0 Å². The first-order valence-electron chi connectivity index (χ1n) is 4.40. The number of nitrogens with two attached hydrogens (primary N) is 1. The van der Waals surface area contributed by atoms with Gasteiger partial charge in [0, 0.05) is 27.2 Å². The Hall–Kier alpha value is -0.700. The van der Waals surface area contributed by atoms with Crippen molar-refractivity contribution in [2.45, 2.75) is 12.0 Å². The van der Waals surface area contributed by atoms with Gasteiger partial charge in [-0.2, -0.15) is 17.0 Å². The highest BCUT2D eigenvalue weighted by Gasteiger charge is 2.45. The van der Waals surface area contributed by atoms with E-state index >= 15 is 0 Å². The summed E-state index contributed by atoms with van der Waals surface area (Å²) in [6, 6.07) is 0. The quantitative estimate of drug-likeness (QED) is 0.607. The van der Waals surface area contributed by atoms with E-state index in [0.717, 1.165) is 8.61 Å². The molecule has 0 spiro atoms.